The average molecular weight is 479 g/mol. The van der Waals surface area contributed by atoms with Gasteiger partial charge in [-0.1, -0.05) is 23.7 Å². The Morgan fingerprint density at radius 2 is 1.79 bits per heavy atom. The summed E-state index contributed by atoms with van der Waals surface area (Å²) >= 11 is 5.58. The quantitative estimate of drug-likeness (QED) is 0.499. The Labute approximate surface area is 191 Å². The molecule has 0 aliphatic rings. The topological polar surface area (TPSA) is 107 Å². The lowest BCUT2D eigenvalue weighted by molar-refractivity contribution is -0.137. The first-order valence-corrected chi connectivity index (χ1v) is 9.99. The predicted molar refractivity (Wildman–Crippen MR) is 115 cm³/mol. The van der Waals surface area contributed by atoms with Gasteiger partial charge in [0.2, 0.25) is 5.91 Å². The lowest BCUT2D eigenvalue weighted by atomic mass is 10.1. The second-order valence-electron chi connectivity index (χ2n) is 6.99. The van der Waals surface area contributed by atoms with Crippen LogP contribution in [0, 0.1) is 0 Å². The van der Waals surface area contributed by atoms with Crippen molar-refractivity contribution in [1.29, 1.82) is 0 Å². The van der Waals surface area contributed by atoms with Gasteiger partial charge in [-0.15, -0.1) is 5.10 Å². The Bertz CT molecular complexity index is 1150. The van der Waals surface area contributed by atoms with E-state index in [1.54, 1.807) is 24.3 Å². The molecule has 0 bridgehead atoms. The van der Waals surface area contributed by atoms with E-state index in [0.29, 0.717) is 17.7 Å². The number of hydrogen-bond donors (Lipinski definition) is 2. The fourth-order valence-electron chi connectivity index (χ4n) is 2.83. The van der Waals surface area contributed by atoms with Gasteiger partial charge >= 0.3 is 6.18 Å². The Morgan fingerprint density at radius 1 is 1.06 bits per heavy atom. The van der Waals surface area contributed by atoms with Gasteiger partial charge in [0.15, 0.2) is 5.69 Å². The number of nitrogens with two attached hydrogens (primary N) is 1. The summed E-state index contributed by atoms with van der Waals surface area (Å²) in [6.45, 7) is 0.151. The molecule has 11 heteroatoms. The lowest BCUT2D eigenvalue weighted by Crippen LogP contribution is -2.14. The van der Waals surface area contributed by atoms with Crippen LogP contribution in [-0.4, -0.2) is 22.0 Å². The van der Waals surface area contributed by atoms with Gasteiger partial charge in [-0.25, -0.2) is 0 Å². The van der Waals surface area contributed by atoms with Crippen LogP contribution < -0.4 is 15.8 Å². The fourth-order valence-corrected chi connectivity index (χ4v) is 3.05. The minimum Gasteiger partial charge on any atom is -0.489 e. The average Bonchev–Trinajstić information content (AvgIpc) is 2.77. The number of carbonyl (C=O) groups excluding carboxylic acids is 2. The number of halogens is 4. The number of aromatic nitrogens is 2. The van der Waals surface area contributed by atoms with Crippen LogP contribution in [-0.2, 0) is 24.0 Å². The molecular formula is C22H18ClF3N4O3. The van der Waals surface area contributed by atoms with Gasteiger partial charge in [-0.3, -0.25) is 9.59 Å². The summed E-state index contributed by atoms with van der Waals surface area (Å²) in [5.41, 5.74) is 5.68. The second-order valence-corrected chi connectivity index (χ2v) is 7.39. The van der Waals surface area contributed by atoms with Gasteiger partial charge in [0.1, 0.15) is 12.4 Å². The molecule has 172 valence electrons. The number of anilines is 1. The third-order valence-corrected chi connectivity index (χ3v) is 4.82. The number of aryl methyl sites for hydroxylation is 1. The number of alkyl halides is 3. The van der Waals surface area contributed by atoms with E-state index in [2.05, 4.69) is 15.5 Å². The summed E-state index contributed by atoms with van der Waals surface area (Å²) < 4.78 is 44.4. The van der Waals surface area contributed by atoms with E-state index in [1.807, 2.05) is 0 Å². The molecule has 7 nitrogen and oxygen atoms in total. The molecule has 3 aromatic rings. The molecule has 0 atom stereocenters. The number of carbonyl (C=O) groups is 2. The first-order chi connectivity index (χ1) is 15.6. The molecule has 3 rings (SSSR count). The van der Waals surface area contributed by atoms with Gasteiger partial charge in [-0.2, -0.15) is 18.3 Å². The molecule has 0 spiro atoms. The third kappa shape index (κ3) is 6.91. The Hall–Kier alpha value is -3.66. The maximum atomic E-state index is 12.9. The van der Waals surface area contributed by atoms with Crippen LogP contribution in [0.1, 0.15) is 33.6 Å². The molecule has 33 heavy (non-hydrogen) atoms. The van der Waals surface area contributed by atoms with Crippen molar-refractivity contribution in [3.8, 4) is 5.75 Å². The van der Waals surface area contributed by atoms with Gasteiger partial charge in [0.05, 0.1) is 16.8 Å². The van der Waals surface area contributed by atoms with Crippen molar-refractivity contribution in [3.05, 3.63) is 82.1 Å². The lowest BCUT2D eigenvalue weighted by Gasteiger charge is -2.12. The summed E-state index contributed by atoms with van der Waals surface area (Å²) in [5, 5.41) is 9.32. The standard InChI is InChI=1S/C22H18ClF3N4O3/c23-18-7-4-15(10-17(18)22(24,25)26)29-20(31)8-3-13-1-5-16(6-2-13)33-12-14-9-19(21(27)32)30-28-11-14/h1-2,4-7,9-11H,3,8,12H2,(H2,27,32)(H,29,31). The summed E-state index contributed by atoms with van der Waals surface area (Å²) in [6.07, 6.45) is -2.71. The maximum absolute atomic E-state index is 12.9. The highest BCUT2D eigenvalue weighted by atomic mass is 35.5. The molecule has 0 aliphatic carbocycles. The van der Waals surface area contributed by atoms with Crippen LogP contribution >= 0.6 is 11.6 Å². The van der Waals surface area contributed by atoms with Crippen LogP contribution in [0.2, 0.25) is 5.02 Å². The Kier molecular flexibility index (Phi) is 7.49. The van der Waals surface area contributed by atoms with Gasteiger partial charge in [-0.05, 0) is 48.4 Å². The highest BCUT2D eigenvalue weighted by molar-refractivity contribution is 6.31. The van der Waals surface area contributed by atoms with E-state index in [-0.39, 0.29) is 24.4 Å². The molecule has 2 amide bonds. The number of nitrogens with one attached hydrogen (secondary N) is 1. The molecule has 0 radical (unpaired) electrons. The highest BCUT2D eigenvalue weighted by Gasteiger charge is 2.33. The van der Waals surface area contributed by atoms with E-state index in [0.717, 1.165) is 17.7 Å². The minimum atomic E-state index is -4.61. The van der Waals surface area contributed by atoms with Crippen LogP contribution in [0.15, 0.2) is 54.7 Å². The zero-order chi connectivity index (χ0) is 24.0. The normalized spacial score (nSPS) is 11.2. The molecule has 3 N–H and O–H groups in total. The number of nitrogens with zero attached hydrogens (tertiary/aromatic N) is 2. The molecule has 1 heterocycles. The molecule has 0 aliphatic heterocycles. The molecule has 0 saturated carbocycles. The third-order valence-electron chi connectivity index (χ3n) is 4.49. The van der Waals surface area contributed by atoms with Crippen molar-refractivity contribution < 1.29 is 27.5 Å². The largest absolute Gasteiger partial charge is 0.489 e. The summed E-state index contributed by atoms with van der Waals surface area (Å²) in [6, 6.07) is 11.7. The van der Waals surface area contributed by atoms with Crippen LogP contribution in [0.3, 0.4) is 0 Å². The van der Waals surface area contributed by atoms with E-state index in [4.69, 9.17) is 22.1 Å². The Morgan fingerprint density at radius 3 is 2.45 bits per heavy atom. The highest BCUT2D eigenvalue weighted by Crippen LogP contribution is 2.36. The van der Waals surface area contributed by atoms with Crippen molar-refractivity contribution in [1.82, 2.24) is 10.2 Å². The smallest absolute Gasteiger partial charge is 0.417 e. The maximum Gasteiger partial charge on any atom is 0.417 e. The summed E-state index contributed by atoms with van der Waals surface area (Å²) in [4.78, 5) is 23.3. The molecule has 2 aromatic carbocycles. The second kappa shape index (κ2) is 10.3. The number of amides is 2. The zero-order valence-electron chi connectivity index (χ0n) is 17.0. The van der Waals surface area contributed by atoms with Crippen molar-refractivity contribution in [2.45, 2.75) is 25.6 Å². The van der Waals surface area contributed by atoms with Crippen molar-refractivity contribution in [2.24, 2.45) is 5.73 Å². The number of hydrogen-bond acceptors (Lipinski definition) is 5. The Balaban J connectivity index is 1.51. The monoisotopic (exact) mass is 478 g/mol. The number of rotatable bonds is 8. The van der Waals surface area contributed by atoms with Crippen molar-refractivity contribution >= 4 is 29.1 Å². The van der Waals surface area contributed by atoms with Crippen LogP contribution in [0.5, 0.6) is 5.75 Å². The summed E-state index contributed by atoms with van der Waals surface area (Å²) in [5.74, 6) is -0.558. The van der Waals surface area contributed by atoms with Crippen molar-refractivity contribution in [2.75, 3.05) is 5.32 Å². The van der Waals surface area contributed by atoms with Crippen molar-refractivity contribution in [3.63, 3.8) is 0 Å². The first-order valence-electron chi connectivity index (χ1n) is 9.61. The molecular weight excluding hydrogens is 461 g/mol. The number of primary amides is 1. The van der Waals surface area contributed by atoms with Crippen LogP contribution in [0.25, 0.3) is 0 Å². The predicted octanol–water partition coefficient (Wildman–Crippen LogP) is 4.40. The number of ether oxygens (including phenoxy) is 1. The van der Waals surface area contributed by atoms with E-state index < -0.39 is 28.6 Å². The molecule has 0 unspecified atom stereocenters. The van der Waals surface area contributed by atoms with E-state index in [1.165, 1.54) is 18.3 Å². The number of benzene rings is 2. The van der Waals surface area contributed by atoms with E-state index >= 15 is 0 Å². The first kappa shape index (κ1) is 24.0. The van der Waals surface area contributed by atoms with Gasteiger partial charge < -0.3 is 15.8 Å². The van der Waals surface area contributed by atoms with Gasteiger partial charge in [0.25, 0.3) is 5.91 Å². The molecule has 0 fully saturated rings. The van der Waals surface area contributed by atoms with Gasteiger partial charge in [0, 0.05) is 17.7 Å². The SMILES string of the molecule is NC(=O)c1cc(COc2ccc(CCC(=O)Nc3ccc(Cl)c(C(F)(F)F)c3)cc2)cnn1. The molecule has 1 aromatic heterocycles. The minimum absolute atomic E-state index is 0.0190. The van der Waals surface area contributed by atoms with Crippen LogP contribution in [0.4, 0.5) is 18.9 Å². The fraction of sp³-hybridized carbons (Fsp3) is 0.182. The summed E-state index contributed by atoms with van der Waals surface area (Å²) in [7, 11) is 0. The zero-order valence-corrected chi connectivity index (χ0v) is 17.8. The molecule has 0 saturated heterocycles. The van der Waals surface area contributed by atoms with E-state index in [9.17, 15) is 22.8 Å².